The summed E-state index contributed by atoms with van der Waals surface area (Å²) >= 11 is 0. The van der Waals surface area contributed by atoms with Gasteiger partial charge < -0.3 is 28.4 Å². The van der Waals surface area contributed by atoms with Gasteiger partial charge in [-0.25, -0.2) is 9.59 Å². The van der Waals surface area contributed by atoms with E-state index in [0.29, 0.717) is 53.7 Å². The topological polar surface area (TPSA) is 127 Å². The maximum absolute atomic E-state index is 14.8. The van der Waals surface area contributed by atoms with Crippen molar-refractivity contribution >= 4 is 66.8 Å². The molecule has 0 fully saturated rings. The number of amides is 2. The molecule has 11 heteroatoms. The Bertz CT molecular complexity index is 2200. The van der Waals surface area contributed by atoms with Gasteiger partial charge in [0.15, 0.2) is 0 Å². The van der Waals surface area contributed by atoms with E-state index in [1.807, 2.05) is 36.4 Å². The highest BCUT2D eigenvalue weighted by atomic mass is 16.6. The van der Waals surface area contributed by atoms with Crippen molar-refractivity contribution in [3.05, 3.63) is 70.8 Å². The van der Waals surface area contributed by atoms with Crippen LogP contribution in [0, 0.1) is 0 Å². The summed E-state index contributed by atoms with van der Waals surface area (Å²) in [6, 6.07) is 14.6. The van der Waals surface area contributed by atoms with Gasteiger partial charge >= 0.3 is 11.9 Å². The molecule has 358 valence electrons. The molecule has 66 heavy (non-hydrogen) atoms. The monoisotopic (exact) mass is 908 g/mol. The molecule has 0 aromatic heterocycles. The minimum atomic E-state index is -0.605. The number of hydrogen-bond donors (Lipinski definition) is 0. The average molecular weight is 908 g/mol. The Morgan fingerprint density at radius 3 is 1.21 bits per heavy atom. The number of ether oxygens (including phenoxy) is 6. The lowest BCUT2D eigenvalue weighted by molar-refractivity contribution is 0.0214. The molecule has 1 aliphatic rings. The van der Waals surface area contributed by atoms with Gasteiger partial charge in [0.25, 0.3) is 11.8 Å². The van der Waals surface area contributed by atoms with Gasteiger partial charge in [-0.3, -0.25) is 14.5 Å². The van der Waals surface area contributed by atoms with Crippen LogP contribution < -0.4 is 0 Å². The van der Waals surface area contributed by atoms with Crippen LogP contribution in [0.1, 0.15) is 171 Å². The standard InChI is InChI=1S/C55H73NO10/c1-5-7-9-11-13-15-17-19-21-39(22-20-18-16-14-12-10-8-6-2)56-52(57)44-27-23-40-42-25-29-46(54(59)65-37-35-63-33-31-61-3)51-47(55(60)66-38-36-64-34-32-62-4)30-26-43(49(42)51)41-24-28-45(53(56)58)50(44)48(40)41/h23-30,39H,5-22,31-38H2,1-4H3. The van der Waals surface area contributed by atoms with Crippen LogP contribution in [0.2, 0.25) is 0 Å². The summed E-state index contributed by atoms with van der Waals surface area (Å²) in [7, 11) is 3.18. The third kappa shape index (κ3) is 12.4. The van der Waals surface area contributed by atoms with E-state index in [4.69, 9.17) is 28.4 Å². The van der Waals surface area contributed by atoms with Gasteiger partial charge in [-0.1, -0.05) is 141 Å². The first-order chi connectivity index (χ1) is 32.4. The number of imide groups is 1. The fraction of sp³-hybridized carbons (Fsp3) is 0.564. The lowest BCUT2D eigenvalue weighted by Gasteiger charge is -2.35. The molecule has 0 aliphatic carbocycles. The minimum Gasteiger partial charge on any atom is -0.460 e. The van der Waals surface area contributed by atoms with E-state index in [2.05, 4.69) is 13.8 Å². The zero-order chi connectivity index (χ0) is 46.7. The molecule has 0 N–H and O–H groups in total. The second kappa shape index (κ2) is 26.6. The number of rotatable bonds is 33. The summed E-state index contributed by atoms with van der Waals surface area (Å²) in [6.45, 7) is 6.43. The molecule has 2 amide bonds. The van der Waals surface area contributed by atoms with Crippen LogP contribution in [0.3, 0.4) is 0 Å². The van der Waals surface area contributed by atoms with Crippen LogP contribution in [-0.2, 0) is 28.4 Å². The summed E-state index contributed by atoms with van der Waals surface area (Å²) in [5.74, 6) is -1.67. The van der Waals surface area contributed by atoms with E-state index in [1.54, 1.807) is 31.3 Å². The van der Waals surface area contributed by atoms with Crippen LogP contribution in [0.4, 0.5) is 0 Å². The maximum Gasteiger partial charge on any atom is 0.338 e. The van der Waals surface area contributed by atoms with Crippen molar-refractivity contribution < 1.29 is 47.6 Å². The van der Waals surface area contributed by atoms with Crippen molar-refractivity contribution in [2.45, 2.75) is 135 Å². The van der Waals surface area contributed by atoms with Gasteiger partial charge in [0, 0.05) is 42.2 Å². The molecule has 0 unspecified atom stereocenters. The van der Waals surface area contributed by atoms with E-state index in [-0.39, 0.29) is 55.4 Å². The van der Waals surface area contributed by atoms with E-state index in [1.165, 1.54) is 77.0 Å². The van der Waals surface area contributed by atoms with E-state index in [0.717, 1.165) is 65.5 Å². The van der Waals surface area contributed by atoms with Crippen LogP contribution in [-0.4, -0.2) is 102 Å². The third-order valence-electron chi connectivity index (χ3n) is 13.2. The SMILES string of the molecule is CCCCCCCCCCC(CCCCCCCCCC)N1C(=O)c2ccc3c4ccc(C(=O)OCCOCCOC)c5c(C(=O)OCCOCCOC)ccc(c6ccc(c2c36)C1=O)c54. The molecule has 5 aromatic rings. The zero-order valence-electron chi connectivity index (χ0n) is 40.1. The number of fused-ring (bicyclic) bond motifs is 2. The van der Waals surface area contributed by atoms with Crippen molar-refractivity contribution in [1.29, 1.82) is 0 Å². The largest absolute Gasteiger partial charge is 0.460 e. The summed E-state index contributed by atoms with van der Waals surface area (Å²) in [6.07, 6.45) is 20.8. The molecular formula is C55H73NO10. The molecule has 1 aliphatic heterocycles. The number of hydrogen-bond acceptors (Lipinski definition) is 10. The number of methoxy groups -OCH3 is 2. The first-order valence-corrected chi connectivity index (χ1v) is 24.9. The van der Waals surface area contributed by atoms with Crippen molar-refractivity contribution in [3.63, 3.8) is 0 Å². The molecule has 1 heterocycles. The van der Waals surface area contributed by atoms with Crippen molar-refractivity contribution in [2.24, 2.45) is 0 Å². The molecule has 0 saturated carbocycles. The van der Waals surface area contributed by atoms with E-state index in [9.17, 15) is 19.2 Å². The maximum atomic E-state index is 14.8. The highest BCUT2D eigenvalue weighted by molar-refractivity contribution is 6.40. The van der Waals surface area contributed by atoms with Gasteiger partial charge in [-0.2, -0.15) is 0 Å². The Morgan fingerprint density at radius 1 is 0.439 bits per heavy atom. The molecular weight excluding hydrogens is 835 g/mol. The Hall–Kier alpha value is -4.68. The zero-order valence-corrected chi connectivity index (χ0v) is 40.1. The summed E-state index contributed by atoms with van der Waals surface area (Å²) in [5.41, 5.74) is 1.49. The summed E-state index contributed by atoms with van der Waals surface area (Å²) in [4.78, 5) is 59.0. The molecule has 5 aromatic carbocycles. The fourth-order valence-corrected chi connectivity index (χ4v) is 9.73. The first-order valence-electron chi connectivity index (χ1n) is 24.9. The third-order valence-corrected chi connectivity index (χ3v) is 13.2. The van der Waals surface area contributed by atoms with Crippen molar-refractivity contribution in [1.82, 2.24) is 4.90 Å². The minimum absolute atomic E-state index is 0.00987. The molecule has 0 atom stereocenters. The Labute approximate surface area is 391 Å². The van der Waals surface area contributed by atoms with Gasteiger partial charge in [0.05, 0.1) is 50.8 Å². The number of esters is 2. The molecule has 6 rings (SSSR count). The van der Waals surface area contributed by atoms with Gasteiger partial charge in [-0.05, 0) is 69.4 Å². The number of carbonyl (C=O) groups is 4. The highest BCUT2D eigenvalue weighted by Crippen LogP contribution is 2.46. The normalized spacial score (nSPS) is 12.8. The van der Waals surface area contributed by atoms with E-state index >= 15 is 0 Å². The quantitative estimate of drug-likeness (QED) is 0.0132. The molecule has 0 saturated heterocycles. The Balaban J connectivity index is 1.34. The number of unbranched alkanes of at least 4 members (excludes halogenated alkanes) is 14. The van der Waals surface area contributed by atoms with E-state index < -0.39 is 11.9 Å². The van der Waals surface area contributed by atoms with Gasteiger partial charge in [0.2, 0.25) is 0 Å². The van der Waals surface area contributed by atoms with Crippen molar-refractivity contribution in [2.75, 3.05) is 67.1 Å². The number of nitrogens with zero attached hydrogens (tertiary/aromatic N) is 1. The van der Waals surface area contributed by atoms with Crippen LogP contribution in [0.5, 0.6) is 0 Å². The van der Waals surface area contributed by atoms with Gasteiger partial charge in [-0.15, -0.1) is 0 Å². The van der Waals surface area contributed by atoms with Crippen LogP contribution in [0.25, 0.3) is 43.1 Å². The molecule has 0 spiro atoms. The van der Waals surface area contributed by atoms with Crippen LogP contribution >= 0.6 is 0 Å². The first kappa shape index (κ1) is 50.7. The average Bonchev–Trinajstić information content (AvgIpc) is 3.33. The second-order valence-electron chi connectivity index (χ2n) is 17.8. The summed E-state index contributed by atoms with van der Waals surface area (Å²) < 4.78 is 32.5. The molecule has 0 bridgehead atoms. The molecule has 0 radical (unpaired) electrons. The van der Waals surface area contributed by atoms with Gasteiger partial charge in [0.1, 0.15) is 13.2 Å². The lowest BCUT2D eigenvalue weighted by atomic mass is 9.82. The predicted octanol–water partition coefficient (Wildman–Crippen LogP) is 12.4. The smallest absolute Gasteiger partial charge is 0.338 e. The summed E-state index contributed by atoms with van der Waals surface area (Å²) in [5, 5.41) is 5.74. The fourth-order valence-electron chi connectivity index (χ4n) is 9.73. The predicted molar refractivity (Wildman–Crippen MR) is 262 cm³/mol. The molecule has 11 nitrogen and oxygen atoms in total. The Morgan fingerprint density at radius 2 is 0.803 bits per heavy atom. The Kier molecular flexibility index (Phi) is 20.4. The second-order valence-corrected chi connectivity index (χ2v) is 17.8. The van der Waals surface area contributed by atoms with Crippen molar-refractivity contribution in [3.8, 4) is 0 Å². The number of carbonyl (C=O) groups excluding carboxylic acids is 4. The highest BCUT2D eigenvalue weighted by Gasteiger charge is 2.38. The van der Waals surface area contributed by atoms with Crippen LogP contribution in [0.15, 0.2) is 48.5 Å². The number of benzene rings is 5. The lowest BCUT2D eigenvalue weighted by Crippen LogP contribution is -2.47.